The smallest absolute Gasteiger partial charge is 0.256 e. The molecule has 0 saturated heterocycles. The van der Waals surface area contributed by atoms with Gasteiger partial charge in [0.05, 0.1) is 16.6 Å². The van der Waals surface area contributed by atoms with Crippen LogP contribution in [0.5, 0.6) is 0 Å². The third kappa shape index (κ3) is 2.78. The molecule has 122 valence electrons. The van der Waals surface area contributed by atoms with Gasteiger partial charge in [-0.3, -0.25) is 14.3 Å². The lowest BCUT2D eigenvalue weighted by Crippen LogP contribution is -2.13. The Kier molecular flexibility index (Phi) is 3.89. The fourth-order valence-electron chi connectivity index (χ4n) is 2.76. The Bertz CT molecular complexity index is 973. The summed E-state index contributed by atoms with van der Waals surface area (Å²) >= 11 is 0. The van der Waals surface area contributed by atoms with E-state index in [0.717, 1.165) is 16.8 Å². The van der Waals surface area contributed by atoms with Crippen molar-refractivity contribution < 1.29 is 9.59 Å². The molecule has 0 atom stereocenters. The molecule has 3 rings (SSSR count). The van der Waals surface area contributed by atoms with Gasteiger partial charge in [0.2, 0.25) is 0 Å². The number of benzene rings is 1. The molecule has 24 heavy (non-hydrogen) atoms. The van der Waals surface area contributed by atoms with Crippen LogP contribution < -0.4 is 5.32 Å². The van der Waals surface area contributed by atoms with Gasteiger partial charge in [-0.25, -0.2) is 4.98 Å². The number of nitrogens with zero attached hydrogens (tertiary/aromatic N) is 3. The Morgan fingerprint density at radius 3 is 2.62 bits per heavy atom. The summed E-state index contributed by atoms with van der Waals surface area (Å²) < 4.78 is 1.67. The van der Waals surface area contributed by atoms with Gasteiger partial charge in [-0.05, 0) is 39.0 Å². The molecule has 0 radical (unpaired) electrons. The van der Waals surface area contributed by atoms with Crippen LogP contribution in [-0.2, 0) is 7.05 Å². The van der Waals surface area contributed by atoms with Crippen LogP contribution >= 0.6 is 0 Å². The maximum absolute atomic E-state index is 12.8. The van der Waals surface area contributed by atoms with Gasteiger partial charge < -0.3 is 5.32 Å². The summed E-state index contributed by atoms with van der Waals surface area (Å²) in [6.45, 7) is 5.19. The third-order valence-corrected chi connectivity index (χ3v) is 3.87. The van der Waals surface area contributed by atoms with Crippen molar-refractivity contribution in [1.82, 2.24) is 14.8 Å². The van der Waals surface area contributed by atoms with E-state index in [1.807, 2.05) is 13.8 Å². The van der Waals surface area contributed by atoms with E-state index in [9.17, 15) is 9.59 Å². The summed E-state index contributed by atoms with van der Waals surface area (Å²) in [4.78, 5) is 28.7. The number of Topliss-reactive ketones (excluding diaryl/α,β-unsaturated/α-hetero) is 1. The Hall–Kier alpha value is -3.02. The van der Waals surface area contributed by atoms with Crippen molar-refractivity contribution in [2.24, 2.45) is 7.05 Å². The molecule has 1 N–H and O–H groups in total. The van der Waals surface area contributed by atoms with Crippen LogP contribution in [-0.4, -0.2) is 26.5 Å². The van der Waals surface area contributed by atoms with Gasteiger partial charge in [0.25, 0.3) is 5.91 Å². The number of ketones is 1. The molecule has 0 bridgehead atoms. The number of anilines is 1. The minimum Gasteiger partial charge on any atom is -0.322 e. The molecule has 3 aromatic rings. The van der Waals surface area contributed by atoms with Gasteiger partial charge in [-0.2, -0.15) is 5.10 Å². The van der Waals surface area contributed by atoms with E-state index in [1.54, 1.807) is 42.1 Å². The van der Waals surface area contributed by atoms with Crippen molar-refractivity contribution in [2.75, 3.05) is 5.32 Å². The van der Waals surface area contributed by atoms with Crippen molar-refractivity contribution in [3.63, 3.8) is 0 Å². The SMILES string of the molecule is CC(=O)c1cccc(NC(=O)c2cc(C)nc3c2c(C)nn3C)c1. The molecule has 2 aromatic heterocycles. The third-order valence-electron chi connectivity index (χ3n) is 3.87. The van der Waals surface area contributed by atoms with Crippen molar-refractivity contribution in [3.05, 3.63) is 52.8 Å². The van der Waals surface area contributed by atoms with E-state index < -0.39 is 0 Å². The highest BCUT2D eigenvalue weighted by atomic mass is 16.1. The van der Waals surface area contributed by atoms with Gasteiger partial charge >= 0.3 is 0 Å². The number of pyridine rings is 1. The zero-order chi connectivity index (χ0) is 17.4. The van der Waals surface area contributed by atoms with Crippen LogP contribution in [0.4, 0.5) is 5.69 Å². The lowest BCUT2D eigenvalue weighted by Gasteiger charge is -2.08. The van der Waals surface area contributed by atoms with Crippen LogP contribution in [0.2, 0.25) is 0 Å². The average Bonchev–Trinajstić information content (AvgIpc) is 2.81. The summed E-state index contributed by atoms with van der Waals surface area (Å²) in [5.41, 5.74) is 3.83. The predicted molar refractivity (Wildman–Crippen MR) is 92.4 cm³/mol. The molecule has 1 amide bonds. The number of rotatable bonds is 3. The summed E-state index contributed by atoms with van der Waals surface area (Å²) in [7, 11) is 1.81. The monoisotopic (exact) mass is 322 g/mol. The lowest BCUT2D eigenvalue weighted by molar-refractivity contribution is 0.101. The molecular formula is C18H18N4O2. The number of carbonyl (C=O) groups excluding carboxylic acids is 2. The molecule has 0 aliphatic carbocycles. The standard InChI is InChI=1S/C18H18N4O2/c1-10-8-15(16-11(2)21-22(4)17(16)19-10)18(24)20-14-7-5-6-13(9-14)12(3)23/h5-9H,1-4H3,(H,20,24). The highest BCUT2D eigenvalue weighted by Gasteiger charge is 2.18. The first-order valence-electron chi connectivity index (χ1n) is 7.60. The minimum absolute atomic E-state index is 0.0450. The molecule has 1 aromatic carbocycles. The number of aryl methyl sites for hydroxylation is 3. The first kappa shape index (κ1) is 15.9. The number of fused-ring (bicyclic) bond motifs is 1. The second kappa shape index (κ2) is 5.88. The van der Waals surface area contributed by atoms with E-state index in [4.69, 9.17) is 0 Å². The summed E-state index contributed by atoms with van der Waals surface area (Å²) in [5.74, 6) is -0.293. The van der Waals surface area contributed by atoms with E-state index in [0.29, 0.717) is 22.5 Å². The lowest BCUT2D eigenvalue weighted by atomic mass is 10.1. The van der Waals surface area contributed by atoms with Crippen molar-refractivity contribution in [3.8, 4) is 0 Å². The molecule has 0 saturated carbocycles. The minimum atomic E-state index is -0.248. The van der Waals surface area contributed by atoms with E-state index in [1.165, 1.54) is 6.92 Å². The zero-order valence-electron chi connectivity index (χ0n) is 14.0. The normalized spacial score (nSPS) is 10.8. The Morgan fingerprint density at radius 1 is 1.17 bits per heavy atom. The summed E-state index contributed by atoms with van der Waals surface area (Å²) in [6.07, 6.45) is 0. The first-order valence-corrected chi connectivity index (χ1v) is 7.60. The fourth-order valence-corrected chi connectivity index (χ4v) is 2.76. The van der Waals surface area contributed by atoms with Gasteiger partial charge in [0.1, 0.15) is 0 Å². The average molecular weight is 322 g/mol. The summed E-state index contributed by atoms with van der Waals surface area (Å²) in [6, 6.07) is 8.64. The number of amides is 1. The molecule has 0 aliphatic heterocycles. The zero-order valence-corrected chi connectivity index (χ0v) is 14.0. The van der Waals surface area contributed by atoms with E-state index in [-0.39, 0.29) is 11.7 Å². The molecule has 0 spiro atoms. The second-order valence-electron chi connectivity index (χ2n) is 5.81. The number of nitrogens with one attached hydrogen (secondary N) is 1. The van der Waals surface area contributed by atoms with Crippen LogP contribution in [0.3, 0.4) is 0 Å². The number of hydrogen-bond acceptors (Lipinski definition) is 4. The largest absolute Gasteiger partial charge is 0.322 e. The molecule has 0 aliphatic rings. The maximum Gasteiger partial charge on any atom is 0.256 e. The quantitative estimate of drug-likeness (QED) is 0.752. The van der Waals surface area contributed by atoms with Crippen LogP contribution in [0.1, 0.15) is 39.0 Å². The number of aromatic nitrogens is 3. The summed E-state index contributed by atoms with van der Waals surface area (Å²) in [5, 5.41) is 7.94. The van der Waals surface area contributed by atoms with Crippen molar-refractivity contribution >= 4 is 28.4 Å². The molecule has 6 heteroatoms. The van der Waals surface area contributed by atoms with Crippen LogP contribution in [0.25, 0.3) is 11.0 Å². The van der Waals surface area contributed by atoms with E-state index in [2.05, 4.69) is 15.4 Å². The Labute approximate surface area is 139 Å². The van der Waals surface area contributed by atoms with Crippen LogP contribution in [0, 0.1) is 13.8 Å². The van der Waals surface area contributed by atoms with Gasteiger partial charge in [0, 0.05) is 24.0 Å². The Balaban J connectivity index is 2.03. The fraction of sp³-hybridized carbons (Fsp3) is 0.222. The maximum atomic E-state index is 12.8. The Morgan fingerprint density at radius 2 is 1.92 bits per heavy atom. The van der Waals surface area contributed by atoms with Crippen LogP contribution in [0.15, 0.2) is 30.3 Å². The van der Waals surface area contributed by atoms with E-state index >= 15 is 0 Å². The predicted octanol–water partition coefficient (Wildman–Crippen LogP) is 3.04. The highest BCUT2D eigenvalue weighted by molar-refractivity contribution is 6.13. The molecule has 6 nitrogen and oxygen atoms in total. The number of hydrogen-bond donors (Lipinski definition) is 1. The molecule has 0 unspecified atom stereocenters. The second-order valence-corrected chi connectivity index (χ2v) is 5.81. The number of carbonyl (C=O) groups is 2. The molecular weight excluding hydrogens is 304 g/mol. The topological polar surface area (TPSA) is 76.9 Å². The molecule has 0 fully saturated rings. The molecule has 2 heterocycles. The first-order chi connectivity index (χ1) is 11.4. The van der Waals surface area contributed by atoms with Gasteiger partial charge in [-0.15, -0.1) is 0 Å². The van der Waals surface area contributed by atoms with Crippen molar-refractivity contribution in [2.45, 2.75) is 20.8 Å². The van der Waals surface area contributed by atoms with Gasteiger partial charge in [0.15, 0.2) is 11.4 Å². The van der Waals surface area contributed by atoms with Crippen molar-refractivity contribution in [1.29, 1.82) is 0 Å². The van der Waals surface area contributed by atoms with Gasteiger partial charge in [-0.1, -0.05) is 12.1 Å². The highest BCUT2D eigenvalue weighted by Crippen LogP contribution is 2.23.